The molecule has 0 saturated heterocycles. The second-order valence-electron chi connectivity index (χ2n) is 3.55. The molecule has 5 heteroatoms. The molecular weight excluding hydrogens is 238 g/mol. The number of fused-ring (bicyclic) bond motifs is 1. The van der Waals surface area contributed by atoms with Gasteiger partial charge in [0.1, 0.15) is 5.69 Å². The number of hydrogen-bond donors (Lipinski definition) is 2. The quantitative estimate of drug-likeness (QED) is 0.868. The number of aromatic nitrogens is 1. The maximum absolute atomic E-state index is 11.7. The fraction of sp³-hybridized carbons (Fsp3) is 0.167. The van der Waals surface area contributed by atoms with Crippen LogP contribution in [0.5, 0.6) is 0 Å². The van der Waals surface area contributed by atoms with Crippen LogP contribution in [0.4, 0.5) is 0 Å². The van der Waals surface area contributed by atoms with Gasteiger partial charge in [0.25, 0.3) is 5.91 Å². The molecule has 0 aliphatic rings. The van der Waals surface area contributed by atoms with Crippen molar-refractivity contribution in [1.29, 1.82) is 0 Å². The van der Waals surface area contributed by atoms with E-state index < -0.39 is 0 Å². The SMILES string of the molecule is NCCNC(=O)c1cc(Cl)c2ccccc2n1. The van der Waals surface area contributed by atoms with Gasteiger partial charge in [-0.15, -0.1) is 0 Å². The summed E-state index contributed by atoms with van der Waals surface area (Å²) in [6, 6.07) is 8.99. The molecule has 3 N–H and O–H groups in total. The monoisotopic (exact) mass is 249 g/mol. The fourth-order valence-corrected chi connectivity index (χ4v) is 1.79. The zero-order valence-corrected chi connectivity index (χ0v) is 9.87. The number of nitrogens with two attached hydrogens (primary N) is 1. The van der Waals surface area contributed by atoms with E-state index in [-0.39, 0.29) is 5.91 Å². The summed E-state index contributed by atoms with van der Waals surface area (Å²) in [6.45, 7) is 0.817. The summed E-state index contributed by atoms with van der Waals surface area (Å²) in [5, 5.41) is 4.01. The Labute approximate surface area is 104 Å². The minimum atomic E-state index is -0.261. The van der Waals surface area contributed by atoms with E-state index in [2.05, 4.69) is 10.3 Å². The predicted octanol–water partition coefficient (Wildman–Crippen LogP) is 1.58. The molecule has 0 spiro atoms. The van der Waals surface area contributed by atoms with Gasteiger partial charge in [-0.2, -0.15) is 0 Å². The lowest BCUT2D eigenvalue weighted by Crippen LogP contribution is -2.29. The predicted molar refractivity (Wildman–Crippen MR) is 68.1 cm³/mol. The normalized spacial score (nSPS) is 10.5. The molecule has 88 valence electrons. The summed E-state index contributed by atoms with van der Waals surface area (Å²) in [7, 11) is 0. The first-order valence-corrected chi connectivity index (χ1v) is 5.63. The highest BCUT2D eigenvalue weighted by atomic mass is 35.5. The lowest BCUT2D eigenvalue weighted by Gasteiger charge is -2.05. The number of nitrogens with zero attached hydrogens (tertiary/aromatic N) is 1. The Hall–Kier alpha value is -1.65. The maximum Gasteiger partial charge on any atom is 0.270 e. The minimum absolute atomic E-state index is 0.261. The zero-order valence-electron chi connectivity index (χ0n) is 9.11. The molecule has 1 heterocycles. The van der Waals surface area contributed by atoms with Crippen molar-refractivity contribution in [1.82, 2.24) is 10.3 Å². The van der Waals surface area contributed by atoms with E-state index in [0.717, 1.165) is 5.39 Å². The Morgan fingerprint density at radius 2 is 2.18 bits per heavy atom. The standard InChI is InChI=1S/C12H12ClN3O/c13-9-7-11(12(17)15-6-5-14)16-10-4-2-1-3-8(9)10/h1-4,7H,5-6,14H2,(H,15,17). The lowest BCUT2D eigenvalue weighted by atomic mass is 10.2. The van der Waals surface area contributed by atoms with Crippen molar-refractivity contribution >= 4 is 28.4 Å². The number of rotatable bonds is 3. The molecule has 2 aromatic rings. The summed E-state index contributed by atoms with van der Waals surface area (Å²) in [4.78, 5) is 16.0. The second kappa shape index (κ2) is 5.12. The van der Waals surface area contributed by atoms with Gasteiger partial charge in [0.05, 0.1) is 10.5 Å². The van der Waals surface area contributed by atoms with Gasteiger partial charge in [-0.25, -0.2) is 4.98 Å². The first-order chi connectivity index (χ1) is 8.22. The highest BCUT2D eigenvalue weighted by Crippen LogP contribution is 2.22. The molecule has 0 bridgehead atoms. The first kappa shape index (κ1) is 11.8. The number of para-hydroxylation sites is 1. The molecule has 1 aromatic heterocycles. The van der Waals surface area contributed by atoms with Crippen LogP contribution >= 0.6 is 11.6 Å². The Kier molecular flexibility index (Phi) is 3.56. The Bertz CT molecular complexity index is 556. The van der Waals surface area contributed by atoms with Crippen molar-refractivity contribution in [3.8, 4) is 0 Å². The molecule has 0 unspecified atom stereocenters. The molecule has 0 aliphatic carbocycles. The number of pyridine rings is 1. The van der Waals surface area contributed by atoms with Gasteiger partial charge in [-0.1, -0.05) is 29.8 Å². The van der Waals surface area contributed by atoms with Crippen LogP contribution < -0.4 is 11.1 Å². The molecular formula is C12H12ClN3O. The Morgan fingerprint density at radius 1 is 1.41 bits per heavy atom. The van der Waals surface area contributed by atoms with Crippen molar-refractivity contribution in [3.63, 3.8) is 0 Å². The molecule has 0 atom stereocenters. The average Bonchev–Trinajstić information content (AvgIpc) is 2.36. The van der Waals surface area contributed by atoms with E-state index in [1.807, 2.05) is 24.3 Å². The van der Waals surface area contributed by atoms with E-state index in [9.17, 15) is 4.79 Å². The summed E-state index contributed by atoms with van der Waals surface area (Å²) in [5.41, 5.74) is 6.33. The molecule has 1 aromatic carbocycles. The summed E-state index contributed by atoms with van der Waals surface area (Å²) < 4.78 is 0. The third kappa shape index (κ3) is 2.54. The summed E-state index contributed by atoms with van der Waals surface area (Å²) in [6.07, 6.45) is 0. The van der Waals surface area contributed by atoms with Crippen LogP contribution in [-0.2, 0) is 0 Å². The molecule has 0 fully saturated rings. The number of carbonyl (C=O) groups excluding carboxylic acids is 1. The first-order valence-electron chi connectivity index (χ1n) is 5.26. The van der Waals surface area contributed by atoms with Gasteiger partial charge in [0, 0.05) is 18.5 Å². The second-order valence-corrected chi connectivity index (χ2v) is 3.96. The van der Waals surface area contributed by atoms with Gasteiger partial charge in [-0.05, 0) is 12.1 Å². The van der Waals surface area contributed by atoms with E-state index in [1.165, 1.54) is 0 Å². The third-order valence-electron chi connectivity index (χ3n) is 2.33. The van der Waals surface area contributed by atoms with Crippen molar-refractivity contribution < 1.29 is 4.79 Å². The zero-order chi connectivity index (χ0) is 12.3. The smallest absolute Gasteiger partial charge is 0.270 e. The molecule has 0 saturated carbocycles. The van der Waals surface area contributed by atoms with Crippen molar-refractivity contribution in [3.05, 3.63) is 41.0 Å². The van der Waals surface area contributed by atoms with Crippen LogP contribution in [0.2, 0.25) is 5.02 Å². The Balaban J connectivity index is 2.39. The van der Waals surface area contributed by atoms with E-state index in [4.69, 9.17) is 17.3 Å². The van der Waals surface area contributed by atoms with Crippen molar-refractivity contribution in [2.75, 3.05) is 13.1 Å². The molecule has 17 heavy (non-hydrogen) atoms. The molecule has 4 nitrogen and oxygen atoms in total. The van der Waals surface area contributed by atoms with Gasteiger partial charge in [0.2, 0.25) is 0 Å². The number of benzene rings is 1. The van der Waals surface area contributed by atoms with Crippen molar-refractivity contribution in [2.45, 2.75) is 0 Å². The number of halogens is 1. The summed E-state index contributed by atoms with van der Waals surface area (Å²) >= 11 is 6.10. The highest BCUT2D eigenvalue weighted by Gasteiger charge is 2.10. The largest absolute Gasteiger partial charge is 0.349 e. The number of nitrogens with one attached hydrogen (secondary N) is 1. The maximum atomic E-state index is 11.7. The Morgan fingerprint density at radius 3 is 2.94 bits per heavy atom. The van der Waals surface area contributed by atoms with Crippen LogP contribution in [0.3, 0.4) is 0 Å². The van der Waals surface area contributed by atoms with E-state index in [0.29, 0.717) is 29.3 Å². The fourth-order valence-electron chi connectivity index (χ4n) is 1.53. The average molecular weight is 250 g/mol. The van der Waals surface area contributed by atoms with Crippen LogP contribution in [-0.4, -0.2) is 24.0 Å². The number of carbonyl (C=O) groups is 1. The molecule has 2 rings (SSSR count). The molecule has 0 aliphatic heterocycles. The van der Waals surface area contributed by atoms with Crippen LogP contribution in [0.1, 0.15) is 10.5 Å². The molecule has 1 amide bonds. The highest BCUT2D eigenvalue weighted by molar-refractivity contribution is 6.35. The van der Waals surface area contributed by atoms with Gasteiger partial charge in [0.15, 0.2) is 0 Å². The van der Waals surface area contributed by atoms with E-state index in [1.54, 1.807) is 6.07 Å². The topological polar surface area (TPSA) is 68.0 Å². The van der Waals surface area contributed by atoms with Gasteiger partial charge >= 0.3 is 0 Å². The number of hydrogen-bond acceptors (Lipinski definition) is 3. The van der Waals surface area contributed by atoms with Gasteiger partial charge < -0.3 is 11.1 Å². The molecule has 0 radical (unpaired) electrons. The minimum Gasteiger partial charge on any atom is -0.349 e. The van der Waals surface area contributed by atoms with Crippen LogP contribution in [0.15, 0.2) is 30.3 Å². The van der Waals surface area contributed by atoms with Gasteiger partial charge in [-0.3, -0.25) is 4.79 Å². The van der Waals surface area contributed by atoms with Crippen LogP contribution in [0.25, 0.3) is 10.9 Å². The van der Waals surface area contributed by atoms with E-state index >= 15 is 0 Å². The summed E-state index contributed by atoms with van der Waals surface area (Å²) in [5.74, 6) is -0.261. The number of amides is 1. The van der Waals surface area contributed by atoms with Crippen LogP contribution in [0, 0.1) is 0 Å². The third-order valence-corrected chi connectivity index (χ3v) is 2.64. The van der Waals surface area contributed by atoms with Crippen molar-refractivity contribution in [2.24, 2.45) is 5.73 Å². The lowest BCUT2D eigenvalue weighted by molar-refractivity contribution is 0.0950.